The summed E-state index contributed by atoms with van der Waals surface area (Å²) in [7, 11) is 0. The number of benzene rings is 1. The van der Waals surface area contributed by atoms with E-state index < -0.39 is 0 Å². The predicted molar refractivity (Wildman–Crippen MR) is 58.5 cm³/mol. The highest BCUT2D eigenvalue weighted by Gasteiger charge is 2.25. The van der Waals surface area contributed by atoms with E-state index >= 15 is 0 Å². The molecule has 1 aliphatic carbocycles. The summed E-state index contributed by atoms with van der Waals surface area (Å²) in [5.41, 5.74) is 7.16. The predicted octanol–water partition coefficient (Wildman–Crippen LogP) is 2.73. The van der Waals surface area contributed by atoms with Gasteiger partial charge >= 0.3 is 0 Å². The second-order valence-corrected chi connectivity index (χ2v) is 4.75. The standard InChI is InChI=1S/C11H14BrN/c12-11-4-2-1-3-9(11)5-8-6-10(13)7-8/h1-4,8,10H,5-7,13H2. The van der Waals surface area contributed by atoms with Gasteiger partial charge in [0.2, 0.25) is 0 Å². The molecule has 1 nitrogen and oxygen atoms in total. The largest absolute Gasteiger partial charge is 0.328 e. The van der Waals surface area contributed by atoms with Crippen molar-refractivity contribution in [2.45, 2.75) is 25.3 Å². The molecule has 0 amide bonds. The lowest BCUT2D eigenvalue weighted by atomic mass is 9.77. The summed E-state index contributed by atoms with van der Waals surface area (Å²) in [6.45, 7) is 0. The Morgan fingerprint density at radius 2 is 2.00 bits per heavy atom. The molecule has 0 aromatic heterocycles. The third-order valence-electron chi connectivity index (χ3n) is 2.74. The highest BCUT2D eigenvalue weighted by atomic mass is 79.9. The van der Waals surface area contributed by atoms with Crippen LogP contribution in [0.3, 0.4) is 0 Å². The van der Waals surface area contributed by atoms with Crippen LogP contribution in [0, 0.1) is 5.92 Å². The van der Waals surface area contributed by atoms with E-state index in [9.17, 15) is 0 Å². The van der Waals surface area contributed by atoms with E-state index in [-0.39, 0.29) is 0 Å². The molecular weight excluding hydrogens is 226 g/mol. The molecule has 0 bridgehead atoms. The molecule has 0 radical (unpaired) electrons. The van der Waals surface area contributed by atoms with Gasteiger partial charge in [0.15, 0.2) is 0 Å². The van der Waals surface area contributed by atoms with Crippen molar-refractivity contribution < 1.29 is 0 Å². The van der Waals surface area contributed by atoms with Gasteiger partial charge in [0.1, 0.15) is 0 Å². The third-order valence-corrected chi connectivity index (χ3v) is 3.51. The van der Waals surface area contributed by atoms with Crippen LogP contribution in [0.5, 0.6) is 0 Å². The Morgan fingerprint density at radius 3 is 2.62 bits per heavy atom. The minimum Gasteiger partial charge on any atom is -0.328 e. The molecule has 0 atom stereocenters. The maximum Gasteiger partial charge on any atom is 0.0207 e. The summed E-state index contributed by atoms with van der Waals surface area (Å²) >= 11 is 3.56. The van der Waals surface area contributed by atoms with Crippen molar-refractivity contribution in [3.63, 3.8) is 0 Å². The summed E-state index contributed by atoms with van der Waals surface area (Å²) in [5, 5.41) is 0. The minimum atomic E-state index is 0.465. The highest BCUT2D eigenvalue weighted by Crippen LogP contribution is 2.31. The van der Waals surface area contributed by atoms with Crippen molar-refractivity contribution in [3.05, 3.63) is 34.3 Å². The van der Waals surface area contributed by atoms with Gasteiger partial charge in [-0.3, -0.25) is 0 Å². The summed E-state index contributed by atoms with van der Waals surface area (Å²) in [5.74, 6) is 0.814. The van der Waals surface area contributed by atoms with Gasteiger partial charge in [-0.25, -0.2) is 0 Å². The zero-order valence-corrected chi connectivity index (χ0v) is 9.13. The van der Waals surface area contributed by atoms with Gasteiger partial charge < -0.3 is 5.73 Å². The molecule has 0 heterocycles. The van der Waals surface area contributed by atoms with E-state index in [4.69, 9.17) is 5.73 Å². The number of halogens is 1. The quantitative estimate of drug-likeness (QED) is 0.845. The average Bonchev–Trinajstić information content (AvgIpc) is 2.06. The van der Waals surface area contributed by atoms with Gasteiger partial charge in [-0.1, -0.05) is 34.1 Å². The van der Waals surface area contributed by atoms with Crippen LogP contribution >= 0.6 is 15.9 Å². The van der Waals surface area contributed by atoms with E-state index in [2.05, 4.69) is 40.2 Å². The lowest BCUT2D eigenvalue weighted by molar-refractivity contribution is 0.264. The van der Waals surface area contributed by atoms with E-state index in [0.29, 0.717) is 6.04 Å². The Morgan fingerprint density at radius 1 is 1.31 bits per heavy atom. The van der Waals surface area contributed by atoms with Gasteiger partial charge in [0, 0.05) is 10.5 Å². The van der Waals surface area contributed by atoms with Crippen LogP contribution in [0.15, 0.2) is 28.7 Å². The zero-order valence-electron chi connectivity index (χ0n) is 7.54. The Hall–Kier alpha value is -0.340. The van der Waals surface area contributed by atoms with E-state index in [1.165, 1.54) is 29.3 Å². The normalized spacial score (nSPS) is 26.9. The Balaban J connectivity index is 1.98. The second-order valence-electron chi connectivity index (χ2n) is 3.89. The van der Waals surface area contributed by atoms with E-state index in [1.54, 1.807) is 0 Å². The molecule has 0 aliphatic heterocycles. The molecule has 0 spiro atoms. The SMILES string of the molecule is NC1CC(Cc2ccccc2Br)C1. The van der Waals surface area contributed by atoms with Crippen LogP contribution in [0.2, 0.25) is 0 Å². The monoisotopic (exact) mass is 239 g/mol. The first-order chi connectivity index (χ1) is 6.25. The van der Waals surface area contributed by atoms with Crippen LogP contribution < -0.4 is 5.73 Å². The molecule has 0 unspecified atom stereocenters. The van der Waals surface area contributed by atoms with Gasteiger partial charge in [0.25, 0.3) is 0 Å². The Kier molecular flexibility index (Phi) is 2.70. The van der Waals surface area contributed by atoms with Crippen molar-refractivity contribution in [1.82, 2.24) is 0 Å². The minimum absolute atomic E-state index is 0.465. The lowest BCUT2D eigenvalue weighted by Gasteiger charge is -2.32. The molecule has 13 heavy (non-hydrogen) atoms. The van der Waals surface area contributed by atoms with Crippen LogP contribution in [0.4, 0.5) is 0 Å². The van der Waals surface area contributed by atoms with Gasteiger partial charge in [0.05, 0.1) is 0 Å². The summed E-state index contributed by atoms with van der Waals surface area (Å²) in [4.78, 5) is 0. The summed E-state index contributed by atoms with van der Waals surface area (Å²) in [6.07, 6.45) is 3.57. The molecule has 1 saturated carbocycles. The van der Waals surface area contributed by atoms with Crippen molar-refractivity contribution in [3.8, 4) is 0 Å². The third kappa shape index (κ3) is 2.12. The number of hydrogen-bond donors (Lipinski definition) is 1. The Bertz CT molecular complexity index is 292. The fourth-order valence-electron chi connectivity index (χ4n) is 1.93. The number of nitrogens with two attached hydrogens (primary N) is 1. The molecule has 1 aromatic rings. The number of hydrogen-bond acceptors (Lipinski definition) is 1. The molecule has 2 rings (SSSR count). The summed E-state index contributed by atoms with van der Waals surface area (Å²) < 4.78 is 1.23. The first-order valence-corrected chi connectivity index (χ1v) is 5.54. The van der Waals surface area contributed by atoms with Crippen molar-refractivity contribution in [1.29, 1.82) is 0 Å². The molecule has 2 N–H and O–H groups in total. The van der Waals surface area contributed by atoms with Crippen LogP contribution in [-0.4, -0.2) is 6.04 Å². The van der Waals surface area contributed by atoms with Crippen molar-refractivity contribution >= 4 is 15.9 Å². The molecule has 70 valence electrons. The summed E-state index contributed by atoms with van der Waals surface area (Å²) in [6, 6.07) is 8.91. The highest BCUT2D eigenvalue weighted by molar-refractivity contribution is 9.10. The first-order valence-electron chi connectivity index (χ1n) is 4.74. The van der Waals surface area contributed by atoms with Gasteiger partial charge in [-0.15, -0.1) is 0 Å². The lowest BCUT2D eigenvalue weighted by Crippen LogP contribution is -2.37. The molecule has 0 saturated heterocycles. The Labute approximate surface area is 87.5 Å². The maximum atomic E-state index is 5.75. The van der Waals surface area contributed by atoms with Crippen molar-refractivity contribution in [2.24, 2.45) is 11.7 Å². The van der Waals surface area contributed by atoms with Crippen LogP contribution in [-0.2, 0) is 6.42 Å². The molecule has 1 aliphatic rings. The van der Waals surface area contributed by atoms with E-state index in [0.717, 1.165) is 5.92 Å². The zero-order chi connectivity index (χ0) is 9.26. The van der Waals surface area contributed by atoms with E-state index in [1.807, 2.05) is 0 Å². The fraction of sp³-hybridized carbons (Fsp3) is 0.455. The topological polar surface area (TPSA) is 26.0 Å². The molecule has 1 fully saturated rings. The smallest absolute Gasteiger partial charge is 0.0207 e. The van der Waals surface area contributed by atoms with Gasteiger partial charge in [-0.2, -0.15) is 0 Å². The van der Waals surface area contributed by atoms with Gasteiger partial charge in [-0.05, 0) is 36.8 Å². The molecule has 2 heteroatoms. The second kappa shape index (κ2) is 3.81. The first kappa shape index (κ1) is 9.22. The van der Waals surface area contributed by atoms with Crippen LogP contribution in [0.25, 0.3) is 0 Å². The fourth-order valence-corrected chi connectivity index (χ4v) is 2.38. The molecule has 1 aromatic carbocycles. The van der Waals surface area contributed by atoms with Crippen LogP contribution in [0.1, 0.15) is 18.4 Å². The maximum absolute atomic E-state index is 5.75. The molecular formula is C11H14BrN. The van der Waals surface area contributed by atoms with Crippen molar-refractivity contribution in [2.75, 3.05) is 0 Å². The average molecular weight is 240 g/mol. The number of rotatable bonds is 2.